The Balaban J connectivity index is 2.10. The van der Waals surface area contributed by atoms with Crippen LogP contribution in [0.5, 0.6) is 0 Å². The summed E-state index contributed by atoms with van der Waals surface area (Å²) >= 11 is 0. The average Bonchev–Trinajstić information content (AvgIpc) is 2.40. The van der Waals surface area contributed by atoms with Crippen molar-refractivity contribution in [1.82, 2.24) is 0 Å². The smallest absolute Gasteiger partial charge is 0.258 e. The molecule has 0 atom stereocenters. The van der Waals surface area contributed by atoms with Crippen molar-refractivity contribution in [3.63, 3.8) is 0 Å². The molecule has 0 saturated heterocycles. The molecule has 0 bridgehead atoms. The molecule has 108 valence electrons. The monoisotopic (exact) mass is 286 g/mol. The third kappa shape index (κ3) is 3.89. The van der Waals surface area contributed by atoms with Crippen LogP contribution >= 0.6 is 0 Å². The lowest BCUT2D eigenvalue weighted by Crippen LogP contribution is -2.15. The number of aryl methyl sites for hydroxylation is 1. The van der Waals surface area contributed by atoms with Crippen LogP contribution in [0.25, 0.3) is 0 Å². The van der Waals surface area contributed by atoms with Crippen molar-refractivity contribution in [2.24, 2.45) is 5.73 Å². The van der Waals surface area contributed by atoms with Crippen LogP contribution in [0.2, 0.25) is 0 Å². The second-order valence-corrected chi connectivity index (χ2v) is 4.78. The van der Waals surface area contributed by atoms with Crippen LogP contribution < -0.4 is 11.1 Å². The molecule has 0 aliphatic carbocycles. The van der Waals surface area contributed by atoms with E-state index in [0.717, 1.165) is 11.1 Å². The maximum absolute atomic E-state index is 13.7. The molecule has 5 heteroatoms. The van der Waals surface area contributed by atoms with E-state index in [1.807, 2.05) is 0 Å². The van der Waals surface area contributed by atoms with E-state index in [1.165, 1.54) is 12.1 Å². The highest BCUT2D eigenvalue weighted by Gasteiger charge is 2.11. The number of primary amides is 1. The summed E-state index contributed by atoms with van der Waals surface area (Å²) in [6.07, 6.45) is 0.140. The van der Waals surface area contributed by atoms with Crippen LogP contribution in [0.1, 0.15) is 21.5 Å². The normalized spacial score (nSPS) is 10.2. The summed E-state index contributed by atoms with van der Waals surface area (Å²) in [6.45, 7) is 1.75. The fourth-order valence-corrected chi connectivity index (χ4v) is 1.91. The Morgan fingerprint density at radius 2 is 1.81 bits per heavy atom. The Labute approximate surface area is 121 Å². The van der Waals surface area contributed by atoms with Crippen LogP contribution in [-0.2, 0) is 11.2 Å². The molecule has 0 aliphatic heterocycles. The standard InChI is InChI=1S/C16H15FN2O2/c1-10-2-7-13(14(17)8-10)16(21)19-12-5-3-11(4-6-12)9-15(18)20/h2-8H,9H2,1H3,(H2,18,20)(H,19,21). The van der Waals surface area contributed by atoms with Gasteiger partial charge in [-0.25, -0.2) is 4.39 Å². The molecule has 21 heavy (non-hydrogen) atoms. The number of anilines is 1. The molecular formula is C16H15FN2O2. The minimum Gasteiger partial charge on any atom is -0.369 e. The van der Waals surface area contributed by atoms with Crippen LogP contribution in [0, 0.1) is 12.7 Å². The Morgan fingerprint density at radius 3 is 2.38 bits per heavy atom. The first-order valence-electron chi connectivity index (χ1n) is 6.40. The van der Waals surface area contributed by atoms with E-state index in [4.69, 9.17) is 5.73 Å². The van der Waals surface area contributed by atoms with Crippen LogP contribution in [0.4, 0.5) is 10.1 Å². The van der Waals surface area contributed by atoms with Gasteiger partial charge in [0, 0.05) is 5.69 Å². The molecule has 3 N–H and O–H groups in total. The van der Waals surface area contributed by atoms with Crippen molar-refractivity contribution < 1.29 is 14.0 Å². The van der Waals surface area contributed by atoms with Gasteiger partial charge in [-0.1, -0.05) is 18.2 Å². The van der Waals surface area contributed by atoms with E-state index in [0.29, 0.717) is 5.69 Å². The van der Waals surface area contributed by atoms with Gasteiger partial charge in [0.05, 0.1) is 12.0 Å². The lowest BCUT2D eigenvalue weighted by molar-refractivity contribution is -0.117. The molecule has 2 rings (SSSR count). The molecule has 0 radical (unpaired) electrons. The van der Waals surface area contributed by atoms with Crippen molar-refractivity contribution in [2.75, 3.05) is 5.32 Å². The van der Waals surface area contributed by atoms with E-state index < -0.39 is 17.6 Å². The molecule has 0 saturated carbocycles. The highest BCUT2D eigenvalue weighted by atomic mass is 19.1. The zero-order valence-electron chi connectivity index (χ0n) is 11.5. The second-order valence-electron chi connectivity index (χ2n) is 4.78. The molecule has 0 aromatic heterocycles. The summed E-state index contributed by atoms with van der Waals surface area (Å²) in [5.41, 5.74) is 7.11. The Kier molecular flexibility index (Phi) is 4.33. The molecule has 2 amide bonds. The minimum absolute atomic E-state index is 0.0122. The predicted molar refractivity (Wildman–Crippen MR) is 78.4 cm³/mol. The van der Waals surface area contributed by atoms with Crippen LogP contribution in [0.3, 0.4) is 0 Å². The molecule has 4 nitrogen and oxygen atoms in total. The first kappa shape index (κ1) is 14.7. The number of hydrogen-bond donors (Lipinski definition) is 2. The van der Waals surface area contributed by atoms with E-state index in [-0.39, 0.29) is 12.0 Å². The summed E-state index contributed by atoms with van der Waals surface area (Å²) in [4.78, 5) is 22.8. The van der Waals surface area contributed by atoms with Crippen molar-refractivity contribution in [1.29, 1.82) is 0 Å². The molecule has 0 aliphatic rings. The first-order chi connectivity index (χ1) is 9.95. The lowest BCUT2D eigenvalue weighted by atomic mass is 10.1. The summed E-state index contributed by atoms with van der Waals surface area (Å²) in [7, 11) is 0. The highest BCUT2D eigenvalue weighted by Crippen LogP contribution is 2.14. The van der Waals surface area contributed by atoms with Gasteiger partial charge in [-0.05, 0) is 42.3 Å². The molecule has 0 fully saturated rings. The van der Waals surface area contributed by atoms with Crippen molar-refractivity contribution in [3.8, 4) is 0 Å². The molecule has 0 heterocycles. The van der Waals surface area contributed by atoms with Gasteiger partial charge in [-0.2, -0.15) is 0 Å². The number of hydrogen-bond acceptors (Lipinski definition) is 2. The Hall–Kier alpha value is -2.69. The molecule has 2 aromatic rings. The van der Waals surface area contributed by atoms with Gasteiger partial charge in [0.15, 0.2) is 0 Å². The third-order valence-corrected chi connectivity index (χ3v) is 2.96. The zero-order valence-corrected chi connectivity index (χ0v) is 11.5. The van der Waals surface area contributed by atoms with Gasteiger partial charge in [0.2, 0.25) is 5.91 Å². The molecular weight excluding hydrogens is 271 g/mol. The number of nitrogens with one attached hydrogen (secondary N) is 1. The van der Waals surface area contributed by atoms with Gasteiger partial charge in [0.1, 0.15) is 5.82 Å². The predicted octanol–water partition coefficient (Wildman–Crippen LogP) is 2.41. The second kappa shape index (κ2) is 6.17. The number of benzene rings is 2. The van der Waals surface area contributed by atoms with Gasteiger partial charge >= 0.3 is 0 Å². The Morgan fingerprint density at radius 1 is 1.14 bits per heavy atom. The number of rotatable bonds is 4. The van der Waals surface area contributed by atoms with Gasteiger partial charge in [-0.15, -0.1) is 0 Å². The summed E-state index contributed by atoms with van der Waals surface area (Å²) in [6, 6.07) is 11.1. The molecule has 0 spiro atoms. The number of amides is 2. The van der Waals surface area contributed by atoms with Crippen LogP contribution in [-0.4, -0.2) is 11.8 Å². The zero-order chi connectivity index (χ0) is 15.4. The van der Waals surface area contributed by atoms with Gasteiger partial charge < -0.3 is 11.1 Å². The minimum atomic E-state index is -0.558. The number of carbonyl (C=O) groups is 2. The maximum Gasteiger partial charge on any atom is 0.258 e. The van der Waals surface area contributed by atoms with E-state index in [9.17, 15) is 14.0 Å². The first-order valence-corrected chi connectivity index (χ1v) is 6.40. The summed E-state index contributed by atoms with van der Waals surface area (Å²) < 4.78 is 13.7. The van der Waals surface area contributed by atoms with E-state index >= 15 is 0 Å². The average molecular weight is 286 g/mol. The maximum atomic E-state index is 13.7. The Bertz CT molecular complexity index is 681. The fraction of sp³-hybridized carbons (Fsp3) is 0.125. The number of carbonyl (C=O) groups excluding carboxylic acids is 2. The van der Waals surface area contributed by atoms with Gasteiger partial charge in [0.25, 0.3) is 5.91 Å². The SMILES string of the molecule is Cc1ccc(C(=O)Nc2ccc(CC(N)=O)cc2)c(F)c1. The van der Waals surface area contributed by atoms with E-state index in [2.05, 4.69) is 5.32 Å². The summed E-state index contributed by atoms with van der Waals surface area (Å²) in [5.74, 6) is -1.50. The van der Waals surface area contributed by atoms with Crippen molar-refractivity contribution in [2.45, 2.75) is 13.3 Å². The number of halogens is 1. The largest absolute Gasteiger partial charge is 0.369 e. The molecule has 2 aromatic carbocycles. The van der Waals surface area contributed by atoms with Crippen molar-refractivity contribution in [3.05, 3.63) is 65.0 Å². The van der Waals surface area contributed by atoms with Gasteiger partial charge in [-0.3, -0.25) is 9.59 Å². The van der Waals surface area contributed by atoms with Crippen LogP contribution in [0.15, 0.2) is 42.5 Å². The fourth-order valence-electron chi connectivity index (χ4n) is 1.91. The third-order valence-electron chi connectivity index (χ3n) is 2.96. The molecule has 0 unspecified atom stereocenters. The summed E-state index contributed by atoms with van der Waals surface area (Å²) in [5, 5.41) is 2.60. The van der Waals surface area contributed by atoms with Crippen molar-refractivity contribution >= 4 is 17.5 Å². The lowest BCUT2D eigenvalue weighted by Gasteiger charge is -2.07. The number of nitrogens with two attached hydrogens (primary N) is 1. The van der Waals surface area contributed by atoms with E-state index in [1.54, 1.807) is 37.3 Å². The quantitative estimate of drug-likeness (QED) is 0.906. The topological polar surface area (TPSA) is 72.2 Å². The highest BCUT2D eigenvalue weighted by molar-refractivity contribution is 6.04.